The molecule has 0 saturated carbocycles. The minimum atomic E-state index is 0.0936. The number of benzene rings is 1. The Hall–Kier alpha value is -0.670. The molecule has 1 aromatic rings. The van der Waals surface area contributed by atoms with Crippen LogP contribution >= 0.6 is 11.8 Å². The summed E-state index contributed by atoms with van der Waals surface area (Å²) in [5.74, 6) is 2.43. The molecule has 2 nitrogen and oxygen atoms in total. The number of rotatable bonds is 2. The van der Waals surface area contributed by atoms with Gasteiger partial charge in [0.05, 0.1) is 5.54 Å². The monoisotopic (exact) mass is 304 g/mol. The number of hydrogen-bond acceptors (Lipinski definition) is 3. The zero-order valence-corrected chi connectivity index (χ0v) is 14.2. The van der Waals surface area contributed by atoms with Crippen molar-refractivity contribution in [3.8, 4) is 0 Å². The number of fused-ring (bicyclic) bond motifs is 1. The van der Waals surface area contributed by atoms with E-state index >= 15 is 0 Å². The first kappa shape index (κ1) is 15.2. The molecule has 1 saturated heterocycles. The average molecular weight is 305 g/mol. The first-order chi connectivity index (χ1) is 10.1. The Kier molecular flexibility index (Phi) is 4.24. The molecule has 2 N–H and O–H groups in total. The Bertz CT molecular complexity index is 500. The van der Waals surface area contributed by atoms with E-state index < -0.39 is 0 Å². The van der Waals surface area contributed by atoms with Crippen LogP contribution in [0.3, 0.4) is 0 Å². The Morgan fingerprint density at radius 3 is 2.81 bits per heavy atom. The minimum absolute atomic E-state index is 0.0936. The predicted molar refractivity (Wildman–Crippen MR) is 94.2 cm³/mol. The molecule has 0 spiro atoms. The van der Waals surface area contributed by atoms with Crippen LogP contribution in [0.4, 0.5) is 5.69 Å². The van der Waals surface area contributed by atoms with Crippen LogP contribution in [-0.2, 0) is 6.42 Å². The van der Waals surface area contributed by atoms with Gasteiger partial charge in [-0.2, -0.15) is 11.8 Å². The Morgan fingerprint density at radius 1 is 1.24 bits per heavy atom. The van der Waals surface area contributed by atoms with Crippen LogP contribution in [0.5, 0.6) is 0 Å². The molecule has 1 atom stereocenters. The van der Waals surface area contributed by atoms with Crippen molar-refractivity contribution in [1.29, 1.82) is 0 Å². The lowest BCUT2D eigenvalue weighted by Crippen LogP contribution is -2.66. The molecule has 0 aliphatic carbocycles. The molecule has 1 unspecified atom stereocenters. The van der Waals surface area contributed by atoms with Crippen LogP contribution in [0.15, 0.2) is 24.3 Å². The van der Waals surface area contributed by atoms with Crippen molar-refractivity contribution in [2.45, 2.75) is 45.1 Å². The third-order valence-electron chi connectivity index (χ3n) is 5.69. The number of para-hydroxylation sites is 1. The molecule has 0 aromatic heterocycles. The smallest absolute Gasteiger partial charge is 0.0665 e. The summed E-state index contributed by atoms with van der Waals surface area (Å²) in [4.78, 5) is 2.68. The summed E-state index contributed by atoms with van der Waals surface area (Å²) < 4.78 is 0. The molecular weight excluding hydrogens is 276 g/mol. The van der Waals surface area contributed by atoms with Gasteiger partial charge in [0.25, 0.3) is 0 Å². The van der Waals surface area contributed by atoms with Gasteiger partial charge in [-0.05, 0) is 48.5 Å². The molecular formula is C18H28N2S. The van der Waals surface area contributed by atoms with E-state index in [1.54, 1.807) is 0 Å². The molecule has 0 amide bonds. The Labute approximate surface area is 133 Å². The van der Waals surface area contributed by atoms with Gasteiger partial charge in [0, 0.05) is 24.5 Å². The summed E-state index contributed by atoms with van der Waals surface area (Å²) >= 11 is 2.08. The zero-order chi connectivity index (χ0) is 14.9. The second kappa shape index (κ2) is 5.85. The second-order valence-electron chi connectivity index (χ2n) is 7.16. The summed E-state index contributed by atoms with van der Waals surface area (Å²) in [6, 6.07) is 8.98. The van der Waals surface area contributed by atoms with E-state index in [0.29, 0.717) is 0 Å². The van der Waals surface area contributed by atoms with Gasteiger partial charge >= 0.3 is 0 Å². The summed E-state index contributed by atoms with van der Waals surface area (Å²) in [5, 5.41) is 0. The van der Waals surface area contributed by atoms with Gasteiger partial charge in [0.15, 0.2) is 0 Å². The fourth-order valence-electron chi connectivity index (χ4n) is 4.02. The van der Waals surface area contributed by atoms with Crippen LogP contribution in [0.1, 0.15) is 38.7 Å². The lowest BCUT2D eigenvalue weighted by molar-refractivity contribution is 0.168. The van der Waals surface area contributed by atoms with Gasteiger partial charge in [0.1, 0.15) is 0 Å². The Morgan fingerprint density at radius 2 is 2.05 bits per heavy atom. The van der Waals surface area contributed by atoms with E-state index in [0.717, 1.165) is 18.8 Å². The highest BCUT2D eigenvalue weighted by atomic mass is 32.2. The van der Waals surface area contributed by atoms with Gasteiger partial charge in [-0.25, -0.2) is 0 Å². The summed E-state index contributed by atoms with van der Waals surface area (Å²) in [7, 11) is 0. The highest BCUT2D eigenvalue weighted by Gasteiger charge is 2.50. The molecule has 0 radical (unpaired) electrons. The molecule has 2 heterocycles. The number of thioether (sulfide) groups is 1. The fourth-order valence-corrected chi connectivity index (χ4v) is 5.82. The quantitative estimate of drug-likeness (QED) is 0.903. The van der Waals surface area contributed by atoms with E-state index in [2.05, 4.69) is 54.8 Å². The molecule has 1 aromatic carbocycles. The molecule has 3 rings (SSSR count). The maximum atomic E-state index is 6.40. The molecule has 0 bridgehead atoms. The van der Waals surface area contributed by atoms with Crippen molar-refractivity contribution in [2.75, 3.05) is 29.5 Å². The number of aryl methyl sites for hydroxylation is 1. The van der Waals surface area contributed by atoms with Crippen LogP contribution < -0.4 is 10.6 Å². The molecule has 21 heavy (non-hydrogen) atoms. The highest BCUT2D eigenvalue weighted by Crippen LogP contribution is 2.48. The zero-order valence-electron chi connectivity index (χ0n) is 13.4. The van der Waals surface area contributed by atoms with E-state index in [1.807, 2.05) is 0 Å². The molecule has 2 aliphatic heterocycles. The number of anilines is 1. The van der Waals surface area contributed by atoms with Crippen molar-refractivity contribution in [2.24, 2.45) is 11.1 Å². The summed E-state index contributed by atoms with van der Waals surface area (Å²) in [5.41, 5.74) is 9.71. The van der Waals surface area contributed by atoms with E-state index in [9.17, 15) is 0 Å². The van der Waals surface area contributed by atoms with Gasteiger partial charge in [-0.15, -0.1) is 0 Å². The van der Waals surface area contributed by atoms with Crippen LogP contribution in [0.25, 0.3) is 0 Å². The second-order valence-corrected chi connectivity index (χ2v) is 8.26. The Balaban J connectivity index is 2.08. The van der Waals surface area contributed by atoms with Crippen molar-refractivity contribution in [3.63, 3.8) is 0 Å². The average Bonchev–Trinajstić information content (AvgIpc) is 2.70. The molecule has 2 aliphatic rings. The van der Waals surface area contributed by atoms with Crippen molar-refractivity contribution in [1.82, 2.24) is 0 Å². The molecule has 1 fully saturated rings. The van der Waals surface area contributed by atoms with Crippen LogP contribution in [0, 0.1) is 5.41 Å². The molecule has 116 valence electrons. The van der Waals surface area contributed by atoms with E-state index in [1.165, 1.54) is 42.7 Å². The maximum absolute atomic E-state index is 6.40. The lowest BCUT2D eigenvalue weighted by Gasteiger charge is -2.56. The number of nitrogens with two attached hydrogens (primary N) is 1. The lowest BCUT2D eigenvalue weighted by atomic mass is 9.69. The van der Waals surface area contributed by atoms with Crippen LogP contribution in [-0.4, -0.2) is 30.1 Å². The standard InChI is InChI=1S/C18H28N2S/c1-17(2)10-12-21-14-18(17,13-19)20-11-6-5-8-15-7-3-4-9-16(15)20/h3-4,7,9H,5-6,8,10-14,19H2,1-2H3. The molecule has 3 heteroatoms. The van der Waals surface area contributed by atoms with Crippen molar-refractivity contribution >= 4 is 17.4 Å². The normalized spacial score (nSPS) is 28.8. The van der Waals surface area contributed by atoms with Crippen molar-refractivity contribution < 1.29 is 0 Å². The van der Waals surface area contributed by atoms with E-state index in [4.69, 9.17) is 5.73 Å². The number of nitrogens with zero attached hydrogens (tertiary/aromatic N) is 1. The number of hydrogen-bond donors (Lipinski definition) is 1. The van der Waals surface area contributed by atoms with Gasteiger partial charge in [0.2, 0.25) is 0 Å². The highest BCUT2D eigenvalue weighted by molar-refractivity contribution is 7.99. The SMILES string of the molecule is CC1(C)CCSCC1(CN)N1CCCCc2ccccc21. The largest absolute Gasteiger partial charge is 0.363 e. The third-order valence-corrected chi connectivity index (χ3v) is 6.86. The predicted octanol–water partition coefficient (Wildman–Crippen LogP) is 3.69. The summed E-state index contributed by atoms with van der Waals surface area (Å²) in [6.45, 7) is 6.75. The van der Waals surface area contributed by atoms with Crippen molar-refractivity contribution in [3.05, 3.63) is 29.8 Å². The summed E-state index contributed by atoms with van der Waals surface area (Å²) in [6.07, 6.45) is 5.04. The van der Waals surface area contributed by atoms with Gasteiger partial charge < -0.3 is 10.6 Å². The topological polar surface area (TPSA) is 29.3 Å². The first-order valence-electron chi connectivity index (χ1n) is 8.24. The van der Waals surface area contributed by atoms with E-state index in [-0.39, 0.29) is 11.0 Å². The van der Waals surface area contributed by atoms with Gasteiger partial charge in [-0.3, -0.25) is 0 Å². The minimum Gasteiger partial charge on any atom is -0.363 e. The first-order valence-corrected chi connectivity index (χ1v) is 9.40. The maximum Gasteiger partial charge on any atom is 0.0665 e. The fraction of sp³-hybridized carbons (Fsp3) is 0.667. The van der Waals surface area contributed by atoms with Gasteiger partial charge in [-0.1, -0.05) is 32.0 Å². The van der Waals surface area contributed by atoms with Crippen LogP contribution in [0.2, 0.25) is 0 Å². The third kappa shape index (κ3) is 2.49.